The lowest BCUT2D eigenvalue weighted by Gasteiger charge is -2.39. The largest absolute Gasteiger partial charge is 0.495 e. The predicted octanol–water partition coefficient (Wildman–Crippen LogP) is 3.07. The number of para-hydroxylation sites is 2. The second-order valence-electron chi connectivity index (χ2n) is 8.94. The molecule has 0 bridgehead atoms. The third-order valence-corrected chi connectivity index (χ3v) is 7.56. The Morgan fingerprint density at radius 1 is 1.10 bits per heavy atom. The highest BCUT2D eigenvalue weighted by molar-refractivity contribution is 8.00. The fourth-order valence-corrected chi connectivity index (χ4v) is 6.08. The van der Waals surface area contributed by atoms with E-state index in [4.69, 9.17) is 4.74 Å². The number of thioether (sulfide) groups is 1. The lowest BCUT2D eigenvalue weighted by molar-refractivity contribution is -0.146. The zero-order chi connectivity index (χ0) is 21.3. The van der Waals surface area contributed by atoms with Crippen molar-refractivity contribution < 1.29 is 14.3 Å². The summed E-state index contributed by atoms with van der Waals surface area (Å²) in [5.41, 5.74) is 1.08. The predicted molar refractivity (Wildman–Crippen MR) is 121 cm³/mol. The molecule has 1 aromatic rings. The van der Waals surface area contributed by atoms with Crippen LogP contribution in [0.4, 0.5) is 5.69 Å². The van der Waals surface area contributed by atoms with Gasteiger partial charge in [-0.15, -0.1) is 11.8 Å². The second-order valence-corrected chi connectivity index (χ2v) is 10.1. The van der Waals surface area contributed by atoms with E-state index in [0.29, 0.717) is 19.0 Å². The quantitative estimate of drug-likeness (QED) is 0.693. The van der Waals surface area contributed by atoms with Crippen molar-refractivity contribution in [3.05, 3.63) is 24.3 Å². The van der Waals surface area contributed by atoms with Crippen LogP contribution in [0.25, 0.3) is 0 Å². The van der Waals surface area contributed by atoms with Gasteiger partial charge >= 0.3 is 0 Å². The lowest BCUT2D eigenvalue weighted by Crippen LogP contribution is -2.56. The SMILES string of the molecule is COc1ccccc1N1CCN(C(=O)C2CSC(CC(C)C)N2C(=O)C2CC2)CC1. The van der Waals surface area contributed by atoms with E-state index in [-0.39, 0.29) is 29.1 Å². The molecule has 6 nitrogen and oxygen atoms in total. The van der Waals surface area contributed by atoms with Crippen LogP contribution in [-0.2, 0) is 9.59 Å². The van der Waals surface area contributed by atoms with Crippen LogP contribution in [0.1, 0.15) is 33.1 Å². The maximum Gasteiger partial charge on any atom is 0.246 e. The van der Waals surface area contributed by atoms with Gasteiger partial charge in [-0.25, -0.2) is 0 Å². The van der Waals surface area contributed by atoms with E-state index in [1.54, 1.807) is 18.9 Å². The molecule has 2 unspecified atom stereocenters. The number of carbonyl (C=O) groups is 2. The number of methoxy groups -OCH3 is 1. The van der Waals surface area contributed by atoms with E-state index in [1.807, 2.05) is 28.0 Å². The van der Waals surface area contributed by atoms with Gasteiger partial charge in [0.25, 0.3) is 0 Å². The molecular weight excluding hydrogens is 398 g/mol. The van der Waals surface area contributed by atoms with Gasteiger partial charge in [-0.1, -0.05) is 26.0 Å². The average Bonchev–Trinajstić information content (AvgIpc) is 3.53. The summed E-state index contributed by atoms with van der Waals surface area (Å²) in [5.74, 6) is 2.58. The van der Waals surface area contributed by atoms with Crippen molar-refractivity contribution in [3.8, 4) is 5.75 Å². The van der Waals surface area contributed by atoms with Gasteiger partial charge < -0.3 is 19.4 Å². The van der Waals surface area contributed by atoms with Gasteiger partial charge in [0.2, 0.25) is 11.8 Å². The highest BCUT2D eigenvalue weighted by atomic mass is 32.2. The number of hydrogen-bond acceptors (Lipinski definition) is 5. The van der Waals surface area contributed by atoms with E-state index in [9.17, 15) is 9.59 Å². The van der Waals surface area contributed by atoms with Crippen LogP contribution in [0.15, 0.2) is 24.3 Å². The second kappa shape index (κ2) is 9.08. The molecule has 0 radical (unpaired) electrons. The summed E-state index contributed by atoms with van der Waals surface area (Å²) < 4.78 is 5.50. The number of hydrogen-bond donors (Lipinski definition) is 0. The molecule has 3 aliphatic rings. The highest BCUT2D eigenvalue weighted by Gasteiger charge is 2.47. The molecule has 0 aromatic heterocycles. The van der Waals surface area contributed by atoms with Crippen LogP contribution < -0.4 is 9.64 Å². The Kier molecular flexibility index (Phi) is 6.46. The summed E-state index contributed by atoms with van der Waals surface area (Å²) in [7, 11) is 1.69. The third-order valence-electron chi connectivity index (χ3n) is 6.25. The molecule has 0 N–H and O–H groups in total. The fourth-order valence-electron chi connectivity index (χ4n) is 4.44. The fraction of sp³-hybridized carbons (Fsp3) is 0.652. The molecule has 2 atom stereocenters. The summed E-state index contributed by atoms with van der Waals surface area (Å²) in [6, 6.07) is 7.72. The zero-order valence-electron chi connectivity index (χ0n) is 18.3. The third kappa shape index (κ3) is 4.41. The van der Waals surface area contributed by atoms with Crippen molar-refractivity contribution in [2.24, 2.45) is 11.8 Å². The number of piperazine rings is 1. The normalized spacial score (nSPS) is 24.5. The maximum absolute atomic E-state index is 13.4. The van der Waals surface area contributed by atoms with Crippen LogP contribution in [0.2, 0.25) is 0 Å². The molecule has 2 heterocycles. The molecule has 1 aliphatic carbocycles. The molecule has 1 aromatic carbocycles. The van der Waals surface area contributed by atoms with E-state index in [2.05, 4.69) is 24.8 Å². The Hall–Kier alpha value is -1.89. The van der Waals surface area contributed by atoms with Crippen LogP contribution >= 0.6 is 11.8 Å². The highest BCUT2D eigenvalue weighted by Crippen LogP contribution is 2.40. The van der Waals surface area contributed by atoms with Crippen molar-refractivity contribution >= 4 is 29.3 Å². The Balaban J connectivity index is 1.42. The summed E-state index contributed by atoms with van der Waals surface area (Å²) >= 11 is 1.79. The number of rotatable bonds is 6. The minimum absolute atomic E-state index is 0.127. The van der Waals surface area contributed by atoms with Crippen LogP contribution in [-0.4, -0.2) is 72.1 Å². The van der Waals surface area contributed by atoms with Gasteiger partial charge in [-0.3, -0.25) is 9.59 Å². The minimum atomic E-state index is -0.301. The standard InChI is InChI=1S/C23H33N3O3S/c1-16(2)14-21-26(22(27)17-8-9-17)19(15-30-21)23(28)25-12-10-24(11-13-25)18-6-4-5-7-20(18)29-3/h4-7,16-17,19,21H,8-15H2,1-3H3. The molecule has 164 valence electrons. The van der Waals surface area contributed by atoms with Crippen molar-refractivity contribution in [2.45, 2.75) is 44.5 Å². The minimum Gasteiger partial charge on any atom is -0.495 e. The lowest BCUT2D eigenvalue weighted by atomic mass is 10.1. The Morgan fingerprint density at radius 2 is 1.80 bits per heavy atom. The summed E-state index contributed by atoms with van der Waals surface area (Å²) in [6.07, 6.45) is 2.91. The molecule has 3 fully saturated rings. The first-order valence-electron chi connectivity index (χ1n) is 11.1. The summed E-state index contributed by atoms with van der Waals surface area (Å²) in [6.45, 7) is 7.28. The molecule has 4 rings (SSSR count). The van der Waals surface area contributed by atoms with Crippen molar-refractivity contribution in [1.29, 1.82) is 0 Å². The van der Waals surface area contributed by atoms with Crippen LogP contribution in [0.3, 0.4) is 0 Å². The molecule has 1 saturated carbocycles. The van der Waals surface area contributed by atoms with Gasteiger partial charge in [-0.05, 0) is 37.3 Å². The Labute approximate surface area is 183 Å². The average molecular weight is 432 g/mol. The number of amides is 2. The zero-order valence-corrected chi connectivity index (χ0v) is 19.1. The summed E-state index contributed by atoms with van der Waals surface area (Å²) in [4.78, 5) is 32.7. The molecule has 2 saturated heterocycles. The first-order chi connectivity index (χ1) is 14.5. The maximum atomic E-state index is 13.4. The number of benzene rings is 1. The van der Waals surface area contributed by atoms with Gasteiger partial charge in [0.05, 0.1) is 18.2 Å². The first kappa shape index (κ1) is 21.3. The van der Waals surface area contributed by atoms with E-state index >= 15 is 0 Å². The Bertz CT molecular complexity index is 775. The first-order valence-corrected chi connectivity index (χ1v) is 12.1. The van der Waals surface area contributed by atoms with Gasteiger partial charge in [-0.2, -0.15) is 0 Å². The number of ether oxygens (including phenoxy) is 1. The number of nitrogens with zero attached hydrogens (tertiary/aromatic N) is 3. The molecular formula is C23H33N3O3S. The molecule has 7 heteroatoms. The molecule has 0 spiro atoms. The van der Waals surface area contributed by atoms with Crippen LogP contribution in [0.5, 0.6) is 5.75 Å². The Morgan fingerprint density at radius 3 is 2.43 bits per heavy atom. The molecule has 2 amide bonds. The van der Waals surface area contributed by atoms with E-state index in [0.717, 1.165) is 49.5 Å². The summed E-state index contributed by atoms with van der Waals surface area (Å²) in [5, 5.41) is 0.141. The van der Waals surface area contributed by atoms with E-state index < -0.39 is 0 Å². The van der Waals surface area contributed by atoms with Crippen molar-refractivity contribution in [1.82, 2.24) is 9.80 Å². The van der Waals surface area contributed by atoms with E-state index in [1.165, 1.54) is 0 Å². The van der Waals surface area contributed by atoms with Crippen LogP contribution in [0, 0.1) is 11.8 Å². The molecule has 30 heavy (non-hydrogen) atoms. The number of anilines is 1. The number of carbonyl (C=O) groups excluding carboxylic acids is 2. The molecule has 2 aliphatic heterocycles. The van der Waals surface area contributed by atoms with Gasteiger partial charge in [0, 0.05) is 37.8 Å². The monoisotopic (exact) mass is 431 g/mol. The van der Waals surface area contributed by atoms with Gasteiger partial charge in [0.15, 0.2) is 0 Å². The van der Waals surface area contributed by atoms with Gasteiger partial charge in [0.1, 0.15) is 11.8 Å². The van der Waals surface area contributed by atoms with Crippen molar-refractivity contribution in [3.63, 3.8) is 0 Å². The smallest absolute Gasteiger partial charge is 0.246 e. The topological polar surface area (TPSA) is 53.1 Å². The van der Waals surface area contributed by atoms with Crippen molar-refractivity contribution in [2.75, 3.05) is 43.9 Å².